The SMILES string of the molecule is C1=C(c2ccc(OCCN3CCCC3)cc2)CCNC1. The maximum atomic E-state index is 5.84. The van der Waals surface area contributed by atoms with Crippen LogP contribution in [-0.2, 0) is 0 Å². The second-order valence-electron chi connectivity index (χ2n) is 5.61. The van der Waals surface area contributed by atoms with E-state index in [2.05, 4.69) is 40.6 Å². The van der Waals surface area contributed by atoms with Crippen molar-refractivity contribution < 1.29 is 4.74 Å². The molecule has 2 aliphatic rings. The van der Waals surface area contributed by atoms with Crippen molar-refractivity contribution in [1.82, 2.24) is 10.2 Å². The first-order valence-electron chi connectivity index (χ1n) is 7.77. The van der Waals surface area contributed by atoms with Crippen LogP contribution in [0.4, 0.5) is 0 Å². The van der Waals surface area contributed by atoms with Crippen LogP contribution in [0, 0.1) is 0 Å². The van der Waals surface area contributed by atoms with Crippen molar-refractivity contribution in [3.8, 4) is 5.75 Å². The van der Waals surface area contributed by atoms with Crippen molar-refractivity contribution in [3.05, 3.63) is 35.9 Å². The van der Waals surface area contributed by atoms with E-state index < -0.39 is 0 Å². The molecule has 1 fully saturated rings. The topological polar surface area (TPSA) is 24.5 Å². The molecule has 1 aromatic carbocycles. The number of hydrogen-bond donors (Lipinski definition) is 1. The average molecular weight is 272 g/mol. The first-order valence-corrected chi connectivity index (χ1v) is 7.77. The van der Waals surface area contributed by atoms with Gasteiger partial charge in [0.1, 0.15) is 12.4 Å². The zero-order valence-corrected chi connectivity index (χ0v) is 12.1. The lowest BCUT2D eigenvalue weighted by Crippen LogP contribution is -2.25. The van der Waals surface area contributed by atoms with Gasteiger partial charge in [0.15, 0.2) is 0 Å². The molecule has 0 bridgehead atoms. The molecule has 108 valence electrons. The summed E-state index contributed by atoms with van der Waals surface area (Å²) in [5, 5.41) is 3.34. The lowest BCUT2D eigenvalue weighted by atomic mass is 10.0. The van der Waals surface area contributed by atoms with Crippen LogP contribution in [0.1, 0.15) is 24.8 Å². The Balaban J connectivity index is 1.49. The third-order valence-electron chi connectivity index (χ3n) is 4.16. The Morgan fingerprint density at radius 2 is 1.90 bits per heavy atom. The third-order valence-corrected chi connectivity index (χ3v) is 4.16. The summed E-state index contributed by atoms with van der Waals surface area (Å²) in [6.07, 6.45) is 6.10. The van der Waals surface area contributed by atoms with Crippen LogP contribution in [0.25, 0.3) is 5.57 Å². The summed E-state index contributed by atoms with van der Waals surface area (Å²) in [5.41, 5.74) is 2.78. The summed E-state index contributed by atoms with van der Waals surface area (Å²) in [6.45, 7) is 6.41. The summed E-state index contributed by atoms with van der Waals surface area (Å²) in [6, 6.07) is 8.56. The summed E-state index contributed by atoms with van der Waals surface area (Å²) in [4.78, 5) is 2.48. The second kappa shape index (κ2) is 6.91. The Hall–Kier alpha value is -1.32. The van der Waals surface area contributed by atoms with Crippen LogP contribution >= 0.6 is 0 Å². The Kier molecular flexibility index (Phi) is 4.72. The summed E-state index contributed by atoms with van der Waals surface area (Å²) < 4.78 is 5.84. The molecule has 0 aliphatic carbocycles. The Morgan fingerprint density at radius 1 is 1.10 bits per heavy atom. The van der Waals surface area contributed by atoms with E-state index >= 15 is 0 Å². The first kappa shape index (κ1) is 13.7. The van der Waals surface area contributed by atoms with Crippen LogP contribution in [0.3, 0.4) is 0 Å². The van der Waals surface area contributed by atoms with Crippen molar-refractivity contribution >= 4 is 5.57 Å². The van der Waals surface area contributed by atoms with Gasteiger partial charge >= 0.3 is 0 Å². The summed E-state index contributed by atoms with van der Waals surface area (Å²) >= 11 is 0. The fourth-order valence-electron chi connectivity index (χ4n) is 2.95. The molecular weight excluding hydrogens is 248 g/mol. The molecule has 3 rings (SSSR count). The molecule has 2 heterocycles. The summed E-state index contributed by atoms with van der Waals surface area (Å²) in [5.74, 6) is 0.988. The normalized spacial score (nSPS) is 19.9. The van der Waals surface area contributed by atoms with Gasteiger partial charge in [-0.3, -0.25) is 4.90 Å². The van der Waals surface area contributed by atoms with E-state index in [-0.39, 0.29) is 0 Å². The van der Waals surface area contributed by atoms with E-state index in [1.54, 1.807) is 0 Å². The van der Waals surface area contributed by atoms with Crippen molar-refractivity contribution in [3.63, 3.8) is 0 Å². The minimum atomic E-state index is 0.798. The number of hydrogen-bond acceptors (Lipinski definition) is 3. The molecule has 1 saturated heterocycles. The van der Waals surface area contributed by atoms with Gasteiger partial charge < -0.3 is 10.1 Å². The molecule has 0 saturated carbocycles. The van der Waals surface area contributed by atoms with Crippen molar-refractivity contribution in [1.29, 1.82) is 0 Å². The molecule has 0 unspecified atom stereocenters. The van der Waals surface area contributed by atoms with Gasteiger partial charge in [0.05, 0.1) is 0 Å². The van der Waals surface area contributed by atoms with E-state index in [0.717, 1.165) is 38.4 Å². The van der Waals surface area contributed by atoms with Crippen LogP contribution in [0.2, 0.25) is 0 Å². The number of ether oxygens (including phenoxy) is 1. The predicted octanol–water partition coefficient (Wildman–Crippen LogP) is 2.54. The molecule has 20 heavy (non-hydrogen) atoms. The molecule has 3 heteroatoms. The predicted molar refractivity (Wildman–Crippen MR) is 83.1 cm³/mol. The highest BCUT2D eigenvalue weighted by Crippen LogP contribution is 2.22. The van der Waals surface area contributed by atoms with E-state index in [1.807, 2.05) is 0 Å². The molecule has 3 nitrogen and oxygen atoms in total. The van der Waals surface area contributed by atoms with Gasteiger partial charge in [-0.2, -0.15) is 0 Å². The van der Waals surface area contributed by atoms with Crippen molar-refractivity contribution in [2.45, 2.75) is 19.3 Å². The number of rotatable bonds is 5. The summed E-state index contributed by atoms with van der Waals surface area (Å²) in [7, 11) is 0. The number of nitrogens with zero attached hydrogens (tertiary/aromatic N) is 1. The smallest absolute Gasteiger partial charge is 0.119 e. The van der Waals surface area contributed by atoms with Gasteiger partial charge in [0.25, 0.3) is 0 Å². The monoisotopic (exact) mass is 272 g/mol. The van der Waals surface area contributed by atoms with Crippen LogP contribution < -0.4 is 10.1 Å². The van der Waals surface area contributed by atoms with Crippen molar-refractivity contribution in [2.24, 2.45) is 0 Å². The molecule has 1 N–H and O–H groups in total. The lowest BCUT2D eigenvalue weighted by molar-refractivity contribution is 0.238. The highest BCUT2D eigenvalue weighted by molar-refractivity contribution is 5.67. The Labute approximate surface area is 121 Å². The molecule has 0 atom stereocenters. The van der Waals surface area contributed by atoms with E-state index in [4.69, 9.17) is 4.74 Å². The zero-order chi connectivity index (χ0) is 13.6. The Bertz CT molecular complexity index is 447. The lowest BCUT2D eigenvalue weighted by Gasteiger charge is -2.16. The number of nitrogens with one attached hydrogen (secondary N) is 1. The third kappa shape index (κ3) is 3.62. The number of likely N-dealkylation sites (tertiary alicyclic amines) is 1. The quantitative estimate of drug-likeness (QED) is 0.891. The maximum absolute atomic E-state index is 5.84. The molecular formula is C17H24N2O. The van der Waals surface area contributed by atoms with E-state index in [1.165, 1.54) is 37.1 Å². The Morgan fingerprint density at radius 3 is 2.60 bits per heavy atom. The molecule has 1 aromatic rings. The van der Waals surface area contributed by atoms with Gasteiger partial charge in [-0.1, -0.05) is 18.2 Å². The minimum absolute atomic E-state index is 0.798. The van der Waals surface area contributed by atoms with Gasteiger partial charge in [0, 0.05) is 13.1 Å². The number of benzene rings is 1. The van der Waals surface area contributed by atoms with E-state index in [0.29, 0.717) is 0 Å². The van der Waals surface area contributed by atoms with Gasteiger partial charge in [-0.15, -0.1) is 0 Å². The standard InChI is InChI=1S/C17H24N2O/c1-2-12-19(11-1)13-14-20-17-5-3-15(4-6-17)16-7-9-18-10-8-16/h3-7,18H,1-2,8-14H2. The molecule has 0 aromatic heterocycles. The first-order chi connectivity index (χ1) is 9.92. The fourth-order valence-corrected chi connectivity index (χ4v) is 2.95. The second-order valence-corrected chi connectivity index (χ2v) is 5.61. The van der Waals surface area contributed by atoms with Crippen LogP contribution in [-0.4, -0.2) is 44.2 Å². The molecule has 0 spiro atoms. The largest absolute Gasteiger partial charge is 0.492 e. The fraction of sp³-hybridized carbons (Fsp3) is 0.529. The van der Waals surface area contributed by atoms with Crippen LogP contribution in [0.15, 0.2) is 30.3 Å². The molecule has 0 amide bonds. The van der Waals surface area contributed by atoms with Crippen LogP contribution in [0.5, 0.6) is 5.75 Å². The van der Waals surface area contributed by atoms with E-state index in [9.17, 15) is 0 Å². The minimum Gasteiger partial charge on any atom is -0.492 e. The highest BCUT2D eigenvalue weighted by atomic mass is 16.5. The van der Waals surface area contributed by atoms with Crippen molar-refractivity contribution in [2.75, 3.05) is 39.3 Å². The maximum Gasteiger partial charge on any atom is 0.119 e. The zero-order valence-electron chi connectivity index (χ0n) is 12.1. The molecule has 0 radical (unpaired) electrons. The van der Waals surface area contributed by atoms with Gasteiger partial charge in [-0.05, 0) is 62.2 Å². The van der Waals surface area contributed by atoms with Gasteiger partial charge in [0.2, 0.25) is 0 Å². The molecule has 2 aliphatic heterocycles. The highest BCUT2D eigenvalue weighted by Gasteiger charge is 2.11. The average Bonchev–Trinajstić information content (AvgIpc) is 3.02. The van der Waals surface area contributed by atoms with Gasteiger partial charge in [-0.25, -0.2) is 0 Å².